The predicted molar refractivity (Wildman–Crippen MR) is 103 cm³/mol. The molecule has 9 heteroatoms. The smallest absolute Gasteiger partial charge is 0.257 e. The molecule has 1 amide bonds. The van der Waals surface area contributed by atoms with Gasteiger partial charge in [-0.05, 0) is 24.6 Å². The maximum atomic E-state index is 12.8. The lowest BCUT2D eigenvalue weighted by Gasteiger charge is -2.27. The van der Waals surface area contributed by atoms with Crippen molar-refractivity contribution in [2.45, 2.75) is 17.8 Å². The zero-order valence-corrected chi connectivity index (χ0v) is 16.3. The van der Waals surface area contributed by atoms with Crippen LogP contribution in [-0.2, 0) is 10.5 Å². The van der Waals surface area contributed by atoms with E-state index in [1.807, 2.05) is 31.2 Å². The summed E-state index contributed by atoms with van der Waals surface area (Å²) in [6.45, 7) is 4.18. The summed E-state index contributed by atoms with van der Waals surface area (Å²) in [6, 6.07) is 7.69. The highest BCUT2D eigenvalue weighted by atomic mass is 35.5. The van der Waals surface area contributed by atoms with E-state index in [0.717, 1.165) is 17.0 Å². The van der Waals surface area contributed by atoms with Crippen LogP contribution < -0.4 is 0 Å². The van der Waals surface area contributed by atoms with Gasteiger partial charge in [0, 0.05) is 30.1 Å². The number of thioether (sulfide) groups is 1. The Balaban J connectivity index is 1.54. The van der Waals surface area contributed by atoms with Gasteiger partial charge in [0.2, 0.25) is 5.16 Å². The van der Waals surface area contributed by atoms with Gasteiger partial charge in [-0.1, -0.05) is 35.5 Å². The molecule has 2 aromatic heterocycles. The van der Waals surface area contributed by atoms with Gasteiger partial charge in [0.15, 0.2) is 0 Å². The van der Waals surface area contributed by atoms with Crippen molar-refractivity contribution < 1.29 is 9.53 Å². The molecule has 1 fully saturated rings. The van der Waals surface area contributed by atoms with Gasteiger partial charge in [-0.15, -0.1) is 5.10 Å². The fraction of sp³-hybridized carbons (Fsp3) is 0.333. The number of aryl methyl sites for hydroxylation is 1. The second-order valence-electron chi connectivity index (χ2n) is 6.18. The summed E-state index contributed by atoms with van der Waals surface area (Å²) < 4.78 is 6.95. The number of carbonyl (C=O) groups excluding carboxylic acids is 1. The molecule has 0 aliphatic carbocycles. The van der Waals surface area contributed by atoms with Crippen LogP contribution in [0.2, 0.25) is 5.02 Å². The largest absolute Gasteiger partial charge is 0.378 e. The fourth-order valence-corrected chi connectivity index (χ4v) is 3.76. The molecule has 0 atom stereocenters. The molecule has 1 saturated heterocycles. The van der Waals surface area contributed by atoms with Crippen LogP contribution in [-0.4, -0.2) is 56.7 Å². The van der Waals surface area contributed by atoms with Crippen LogP contribution in [0.25, 0.3) is 5.78 Å². The normalized spacial score (nSPS) is 14.7. The molecular weight excluding hydrogens is 386 g/mol. The highest BCUT2D eigenvalue weighted by Crippen LogP contribution is 2.22. The van der Waals surface area contributed by atoms with E-state index in [4.69, 9.17) is 16.3 Å². The average Bonchev–Trinajstić information content (AvgIpc) is 3.12. The number of benzene rings is 1. The van der Waals surface area contributed by atoms with E-state index in [1.165, 1.54) is 11.8 Å². The number of halogens is 1. The summed E-state index contributed by atoms with van der Waals surface area (Å²) in [7, 11) is 0. The van der Waals surface area contributed by atoms with Gasteiger partial charge in [0.25, 0.3) is 11.7 Å². The number of hydrogen-bond donors (Lipinski definition) is 0. The lowest BCUT2D eigenvalue weighted by atomic mass is 10.2. The van der Waals surface area contributed by atoms with Crippen molar-refractivity contribution in [1.82, 2.24) is 24.5 Å². The van der Waals surface area contributed by atoms with E-state index in [1.54, 1.807) is 15.6 Å². The van der Waals surface area contributed by atoms with Gasteiger partial charge in [0.1, 0.15) is 0 Å². The summed E-state index contributed by atoms with van der Waals surface area (Å²) in [6.07, 6.45) is 1.59. The predicted octanol–water partition coefficient (Wildman–Crippen LogP) is 2.85. The summed E-state index contributed by atoms with van der Waals surface area (Å²) in [4.78, 5) is 23.3. The van der Waals surface area contributed by atoms with Crippen LogP contribution in [0.4, 0.5) is 0 Å². The topological polar surface area (TPSA) is 72.6 Å². The molecule has 1 aromatic carbocycles. The Morgan fingerprint density at radius 2 is 2.00 bits per heavy atom. The first kappa shape index (κ1) is 18.2. The Morgan fingerprint density at radius 3 is 2.74 bits per heavy atom. The number of aromatic nitrogens is 4. The maximum Gasteiger partial charge on any atom is 0.257 e. The van der Waals surface area contributed by atoms with Crippen molar-refractivity contribution in [2.24, 2.45) is 0 Å². The van der Waals surface area contributed by atoms with Crippen LogP contribution in [0.1, 0.15) is 21.6 Å². The Kier molecular flexibility index (Phi) is 5.29. The van der Waals surface area contributed by atoms with Gasteiger partial charge in [-0.25, -0.2) is 4.98 Å². The molecule has 0 unspecified atom stereocenters. The third-order valence-electron chi connectivity index (χ3n) is 4.40. The quantitative estimate of drug-likeness (QED) is 0.624. The number of nitrogens with zero attached hydrogens (tertiary/aromatic N) is 5. The molecule has 0 radical (unpaired) electrons. The number of fused-ring (bicyclic) bond motifs is 1. The molecular formula is C18H18ClN5O2S. The molecule has 1 aliphatic heterocycles. The molecule has 3 aromatic rings. The standard InChI is InChI=1S/C18H18ClN5O2S/c1-12-15(16(25)23-6-8-26-9-7-23)10-20-17-21-18(22-24(12)17)27-11-13-2-4-14(19)5-3-13/h2-5,10H,6-9,11H2,1H3. The number of hydrogen-bond acceptors (Lipinski definition) is 6. The number of ether oxygens (including phenoxy) is 1. The van der Waals surface area contributed by atoms with E-state index in [9.17, 15) is 4.79 Å². The minimum Gasteiger partial charge on any atom is -0.378 e. The van der Waals surface area contributed by atoms with Gasteiger partial charge in [0.05, 0.1) is 24.5 Å². The molecule has 7 nitrogen and oxygen atoms in total. The highest BCUT2D eigenvalue weighted by Gasteiger charge is 2.22. The minimum absolute atomic E-state index is 0.0453. The van der Waals surface area contributed by atoms with Crippen LogP contribution in [0.15, 0.2) is 35.6 Å². The summed E-state index contributed by atoms with van der Waals surface area (Å²) in [5.74, 6) is 1.17. The molecule has 1 aliphatic rings. The third kappa shape index (κ3) is 3.92. The summed E-state index contributed by atoms with van der Waals surface area (Å²) in [5, 5.41) is 5.85. The lowest BCUT2D eigenvalue weighted by molar-refractivity contribution is 0.0301. The third-order valence-corrected chi connectivity index (χ3v) is 5.56. The van der Waals surface area contributed by atoms with E-state index in [-0.39, 0.29) is 5.91 Å². The molecule has 0 spiro atoms. The number of morpholine rings is 1. The Bertz CT molecular complexity index is 970. The minimum atomic E-state index is -0.0453. The summed E-state index contributed by atoms with van der Waals surface area (Å²) in [5.41, 5.74) is 2.42. The number of rotatable bonds is 4. The Labute approximate surface area is 165 Å². The Morgan fingerprint density at radius 1 is 1.26 bits per heavy atom. The molecule has 0 saturated carbocycles. The number of carbonyl (C=O) groups is 1. The van der Waals surface area contributed by atoms with E-state index < -0.39 is 0 Å². The molecule has 27 heavy (non-hydrogen) atoms. The Hall–Kier alpha value is -2.16. The van der Waals surface area contributed by atoms with Crippen LogP contribution in [0.5, 0.6) is 0 Å². The van der Waals surface area contributed by atoms with Crippen LogP contribution in [0.3, 0.4) is 0 Å². The molecule has 3 heterocycles. The van der Waals surface area contributed by atoms with Crippen molar-refractivity contribution in [1.29, 1.82) is 0 Å². The van der Waals surface area contributed by atoms with E-state index in [2.05, 4.69) is 15.1 Å². The van der Waals surface area contributed by atoms with Crippen LogP contribution in [0, 0.1) is 6.92 Å². The maximum absolute atomic E-state index is 12.8. The molecule has 4 rings (SSSR count). The zero-order chi connectivity index (χ0) is 18.8. The van der Waals surface area contributed by atoms with Gasteiger partial charge in [-0.3, -0.25) is 4.79 Å². The molecule has 140 valence electrons. The van der Waals surface area contributed by atoms with Crippen molar-refractivity contribution in [3.05, 3.63) is 52.3 Å². The van der Waals surface area contributed by atoms with E-state index >= 15 is 0 Å². The summed E-state index contributed by atoms with van der Waals surface area (Å²) >= 11 is 7.43. The fourth-order valence-electron chi connectivity index (χ4n) is 2.86. The number of amides is 1. The van der Waals surface area contributed by atoms with Crippen molar-refractivity contribution >= 4 is 35.0 Å². The van der Waals surface area contributed by atoms with E-state index in [0.29, 0.717) is 47.8 Å². The van der Waals surface area contributed by atoms with Crippen molar-refractivity contribution in [3.8, 4) is 0 Å². The van der Waals surface area contributed by atoms with Crippen molar-refractivity contribution in [3.63, 3.8) is 0 Å². The first-order valence-electron chi connectivity index (χ1n) is 8.58. The van der Waals surface area contributed by atoms with Crippen molar-refractivity contribution in [2.75, 3.05) is 26.3 Å². The molecule has 0 bridgehead atoms. The molecule has 0 N–H and O–H groups in total. The SMILES string of the molecule is Cc1c(C(=O)N2CCOCC2)cnc2nc(SCc3ccc(Cl)cc3)nn12. The first-order valence-corrected chi connectivity index (χ1v) is 9.95. The monoisotopic (exact) mass is 403 g/mol. The second kappa shape index (κ2) is 7.84. The zero-order valence-electron chi connectivity index (χ0n) is 14.8. The van der Waals surface area contributed by atoms with Gasteiger partial charge >= 0.3 is 0 Å². The first-order chi connectivity index (χ1) is 13.1. The lowest BCUT2D eigenvalue weighted by Crippen LogP contribution is -2.41. The average molecular weight is 404 g/mol. The van der Waals surface area contributed by atoms with Crippen LogP contribution >= 0.6 is 23.4 Å². The highest BCUT2D eigenvalue weighted by molar-refractivity contribution is 7.98. The second-order valence-corrected chi connectivity index (χ2v) is 7.56. The van der Waals surface area contributed by atoms with Gasteiger partial charge in [-0.2, -0.15) is 9.50 Å². The van der Waals surface area contributed by atoms with Gasteiger partial charge < -0.3 is 9.64 Å².